The molecule has 1 aromatic heterocycles. The highest BCUT2D eigenvalue weighted by atomic mass is 32.1. The highest BCUT2D eigenvalue weighted by molar-refractivity contribution is 7.18. The van der Waals surface area contributed by atoms with E-state index in [2.05, 4.69) is 24.4 Å². The van der Waals surface area contributed by atoms with Crippen LogP contribution in [0.1, 0.15) is 76.0 Å². The highest BCUT2D eigenvalue weighted by Gasteiger charge is 2.53. The van der Waals surface area contributed by atoms with Crippen molar-refractivity contribution in [3.8, 4) is 0 Å². The summed E-state index contributed by atoms with van der Waals surface area (Å²) < 4.78 is 6.60. The number of fused-ring (bicyclic) bond motifs is 4. The van der Waals surface area contributed by atoms with Gasteiger partial charge in [-0.3, -0.25) is 0 Å². The first-order chi connectivity index (χ1) is 13.1. The summed E-state index contributed by atoms with van der Waals surface area (Å²) in [5.41, 5.74) is 1.35. The highest BCUT2D eigenvalue weighted by Crippen LogP contribution is 2.58. The maximum absolute atomic E-state index is 12.3. The molecule has 1 unspecified atom stereocenters. The van der Waals surface area contributed by atoms with E-state index in [0.717, 1.165) is 59.3 Å². The van der Waals surface area contributed by atoms with Crippen LogP contribution in [0.15, 0.2) is 18.2 Å². The van der Waals surface area contributed by atoms with Gasteiger partial charge in [0.05, 0.1) is 10.2 Å². The molecule has 3 aliphatic carbocycles. The van der Waals surface area contributed by atoms with Gasteiger partial charge in [0.2, 0.25) is 0 Å². The van der Waals surface area contributed by atoms with E-state index in [4.69, 9.17) is 9.72 Å². The number of hydrogen-bond acceptors (Lipinski definition) is 5. The maximum atomic E-state index is 12.3. The number of rotatable bonds is 3. The molecule has 2 N–H and O–H groups in total. The Morgan fingerprint density at radius 1 is 1.21 bits per heavy atom. The van der Waals surface area contributed by atoms with Crippen molar-refractivity contribution >= 4 is 27.6 Å². The Balaban J connectivity index is 1.48. The Morgan fingerprint density at radius 3 is 2.43 bits per heavy atom. The lowest BCUT2D eigenvalue weighted by atomic mass is 9.55. The van der Waals surface area contributed by atoms with Gasteiger partial charge in [-0.15, -0.1) is 11.3 Å². The number of carbonyl (C=O) groups is 1. The summed E-state index contributed by atoms with van der Waals surface area (Å²) >= 11 is 1.61. The minimum atomic E-state index is -0.538. The molecule has 3 saturated carbocycles. The summed E-state index contributed by atoms with van der Waals surface area (Å²) in [4.78, 5) is 17.1. The van der Waals surface area contributed by atoms with Crippen molar-refractivity contribution in [3.63, 3.8) is 0 Å². The lowest BCUT2D eigenvalue weighted by Gasteiger charge is -2.54. The Morgan fingerprint density at radius 2 is 1.86 bits per heavy atom. The number of thiazole rings is 1. The molecule has 0 saturated heterocycles. The smallest absolute Gasteiger partial charge is 0.408 e. The number of para-hydroxylation sites is 1. The lowest BCUT2D eigenvalue weighted by Crippen LogP contribution is -2.58. The molecule has 0 spiro atoms. The molecule has 1 amide bonds. The number of hydrogen-bond donors (Lipinski definition) is 2. The van der Waals surface area contributed by atoms with E-state index >= 15 is 0 Å². The number of alkyl carbamates (subject to hydrolysis) is 1. The molecule has 0 aliphatic heterocycles. The van der Waals surface area contributed by atoms with Crippen molar-refractivity contribution in [2.75, 3.05) is 0 Å². The third-order valence-electron chi connectivity index (χ3n) is 6.52. The number of aryl methyl sites for hydroxylation is 1. The monoisotopic (exact) mass is 402 g/mol. The van der Waals surface area contributed by atoms with E-state index in [1.165, 1.54) is 0 Å². The van der Waals surface area contributed by atoms with Crippen LogP contribution in [-0.2, 0) is 4.74 Å². The number of aliphatic hydroxyl groups is 1. The molecule has 2 bridgehead atoms. The summed E-state index contributed by atoms with van der Waals surface area (Å²) in [5.74, 6) is 0. The van der Waals surface area contributed by atoms with Gasteiger partial charge in [-0.1, -0.05) is 12.1 Å². The second-order valence-electron chi connectivity index (χ2n) is 9.65. The first kappa shape index (κ1) is 19.6. The van der Waals surface area contributed by atoms with Crippen LogP contribution in [-0.4, -0.2) is 27.3 Å². The van der Waals surface area contributed by atoms with Gasteiger partial charge in [0, 0.05) is 11.0 Å². The van der Waals surface area contributed by atoms with Crippen molar-refractivity contribution in [2.45, 2.75) is 83.5 Å². The SMILES string of the molecule is Cc1cccc2sc(C(O)C34CCC(NC(=O)OC(C)(C)C)(CC3)CC4)nc12. The molecule has 1 atom stereocenters. The van der Waals surface area contributed by atoms with Crippen LogP contribution in [0.2, 0.25) is 0 Å². The van der Waals surface area contributed by atoms with Crippen LogP contribution in [0, 0.1) is 12.3 Å². The fourth-order valence-electron chi connectivity index (χ4n) is 4.81. The number of nitrogens with zero attached hydrogens (tertiary/aromatic N) is 1. The summed E-state index contributed by atoms with van der Waals surface area (Å²) in [6.07, 6.45) is 4.48. The number of benzene rings is 1. The summed E-state index contributed by atoms with van der Waals surface area (Å²) in [5, 5.41) is 15.2. The third-order valence-corrected chi connectivity index (χ3v) is 7.59. The van der Waals surface area contributed by atoms with Crippen molar-refractivity contribution < 1.29 is 14.6 Å². The Kier molecular flexibility index (Phi) is 4.70. The second kappa shape index (κ2) is 6.70. The van der Waals surface area contributed by atoms with Gasteiger partial charge in [-0.05, 0) is 77.8 Å². The molecule has 3 aliphatic rings. The molecule has 1 heterocycles. The molecule has 0 radical (unpaired) electrons. The third kappa shape index (κ3) is 3.52. The maximum Gasteiger partial charge on any atom is 0.408 e. The summed E-state index contributed by atoms with van der Waals surface area (Å²) in [6, 6.07) is 6.18. The van der Waals surface area contributed by atoms with Gasteiger partial charge in [0.1, 0.15) is 16.7 Å². The normalized spacial score (nSPS) is 28.3. The summed E-state index contributed by atoms with van der Waals surface area (Å²) in [6.45, 7) is 7.71. The molecular weight excluding hydrogens is 372 g/mol. The Hall–Kier alpha value is -1.66. The second-order valence-corrected chi connectivity index (χ2v) is 10.7. The van der Waals surface area contributed by atoms with E-state index in [9.17, 15) is 9.90 Å². The fourth-order valence-corrected chi connectivity index (χ4v) is 5.99. The first-order valence-corrected chi connectivity index (χ1v) is 11.0. The minimum Gasteiger partial charge on any atom is -0.444 e. The molecule has 5 nitrogen and oxygen atoms in total. The van der Waals surface area contributed by atoms with E-state index in [0.29, 0.717) is 0 Å². The number of amides is 1. The number of nitrogens with one attached hydrogen (secondary N) is 1. The van der Waals surface area contributed by atoms with Crippen molar-refractivity contribution in [2.24, 2.45) is 5.41 Å². The van der Waals surface area contributed by atoms with Crippen LogP contribution in [0.3, 0.4) is 0 Å². The van der Waals surface area contributed by atoms with Gasteiger partial charge >= 0.3 is 6.09 Å². The number of aromatic nitrogens is 1. The molecule has 6 heteroatoms. The fraction of sp³-hybridized carbons (Fsp3) is 0.636. The molecule has 1 aromatic carbocycles. The van der Waals surface area contributed by atoms with Crippen molar-refractivity contribution in [3.05, 3.63) is 28.8 Å². The molecule has 2 aromatic rings. The molecular formula is C22H30N2O3S. The zero-order valence-corrected chi connectivity index (χ0v) is 18.0. The molecule has 3 fully saturated rings. The van der Waals surface area contributed by atoms with Gasteiger partial charge < -0.3 is 15.2 Å². The molecule has 28 heavy (non-hydrogen) atoms. The number of aliphatic hydroxyl groups excluding tert-OH is 1. The van der Waals surface area contributed by atoms with Crippen LogP contribution in [0.5, 0.6) is 0 Å². The van der Waals surface area contributed by atoms with Gasteiger partial charge in [-0.25, -0.2) is 9.78 Å². The van der Waals surface area contributed by atoms with Gasteiger partial charge in [0.15, 0.2) is 0 Å². The van der Waals surface area contributed by atoms with Crippen molar-refractivity contribution in [1.82, 2.24) is 10.3 Å². The van der Waals surface area contributed by atoms with Crippen LogP contribution >= 0.6 is 11.3 Å². The largest absolute Gasteiger partial charge is 0.444 e. The Labute approximate surface area is 170 Å². The van der Waals surface area contributed by atoms with Crippen LogP contribution in [0.25, 0.3) is 10.2 Å². The number of ether oxygens (including phenoxy) is 1. The predicted molar refractivity (Wildman–Crippen MR) is 112 cm³/mol. The average molecular weight is 403 g/mol. The van der Waals surface area contributed by atoms with E-state index in [1.54, 1.807) is 11.3 Å². The average Bonchev–Trinajstić information content (AvgIpc) is 3.06. The van der Waals surface area contributed by atoms with Crippen molar-refractivity contribution in [1.29, 1.82) is 0 Å². The zero-order valence-electron chi connectivity index (χ0n) is 17.2. The summed E-state index contributed by atoms with van der Waals surface area (Å²) in [7, 11) is 0. The van der Waals surface area contributed by atoms with Gasteiger partial charge in [0.25, 0.3) is 0 Å². The van der Waals surface area contributed by atoms with E-state index in [-0.39, 0.29) is 17.0 Å². The Bertz CT molecular complexity index is 874. The van der Waals surface area contributed by atoms with Crippen LogP contribution in [0.4, 0.5) is 4.79 Å². The quantitative estimate of drug-likeness (QED) is 0.735. The van der Waals surface area contributed by atoms with E-state index in [1.807, 2.05) is 26.8 Å². The topological polar surface area (TPSA) is 71.5 Å². The molecule has 152 valence electrons. The molecule has 5 rings (SSSR count). The number of carbonyl (C=O) groups excluding carboxylic acids is 1. The lowest BCUT2D eigenvalue weighted by molar-refractivity contribution is -0.0729. The van der Waals surface area contributed by atoms with E-state index < -0.39 is 11.7 Å². The standard InChI is InChI=1S/C22H30N2O3S/c1-14-6-5-7-15-16(14)23-18(28-15)17(25)21-8-11-22(12-9-21,13-10-21)24-19(26)27-20(2,3)4/h5-7,17,25H,8-13H2,1-4H3,(H,24,26). The van der Waals surface area contributed by atoms with Gasteiger partial charge in [-0.2, -0.15) is 0 Å². The first-order valence-electron chi connectivity index (χ1n) is 10.2. The zero-order chi connectivity index (χ0) is 20.2. The predicted octanol–water partition coefficient (Wildman–Crippen LogP) is 5.26. The minimum absolute atomic E-state index is 0.126. The van der Waals surface area contributed by atoms with Crippen LogP contribution < -0.4 is 5.32 Å².